The van der Waals surface area contributed by atoms with Gasteiger partial charge in [0.05, 0.1) is 17.4 Å². The van der Waals surface area contributed by atoms with Crippen LogP contribution in [0.5, 0.6) is 0 Å². The zero-order valence-corrected chi connectivity index (χ0v) is 12.1. The third-order valence-corrected chi connectivity index (χ3v) is 3.82. The first-order valence-electron chi connectivity index (χ1n) is 6.21. The molecule has 0 amide bonds. The largest absolute Gasteiger partial charge is 0.306 e. The number of aryl methyl sites for hydroxylation is 3. The van der Waals surface area contributed by atoms with E-state index in [1.54, 1.807) is 11.3 Å². The molecule has 0 bridgehead atoms. The third-order valence-electron chi connectivity index (χ3n) is 2.94. The van der Waals surface area contributed by atoms with Gasteiger partial charge in [-0.15, -0.1) is 11.3 Å². The SMILES string of the molecule is CCNC(c1csc(C)c1)c1cc(C)nnc1C. The predicted octanol–water partition coefficient (Wildman–Crippen LogP) is 3.16. The Morgan fingerprint density at radius 2 is 2.00 bits per heavy atom. The van der Waals surface area contributed by atoms with Crippen molar-refractivity contribution in [1.82, 2.24) is 15.5 Å². The topological polar surface area (TPSA) is 37.8 Å². The van der Waals surface area contributed by atoms with E-state index in [1.165, 1.54) is 16.0 Å². The molecular formula is C14H19N3S. The first-order chi connectivity index (χ1) is 8.61. The number of aromatic nitrogens is 2. The lowest BCUT2D eigenvalue weighted by molar-refractivity contribution is 0.622. The second-order valence-corrected chi connectivity index (χ2v) is 5.62. The van der Waals surface area contributed by atoms with Crippen molar-refractivity contribution in [3.8, 4) is 0 Å². The van der Waals surface area contributed by atoms with Crippen LogP contribution in [0.1, 0.15) is 40.4 Å². The maximum Gasteiger partial charge on any atom is 0.0651 e. The molecule has 4 heteroatoms. The molecule has 0 radical (unpaired) electrons. The van der Waals surface area contributed by atoms with Gasteiger partial charge in [-0.1, -0.05) is 6.92 Å². The molecule has 96 valence electrons. The lowest BCUT2D eigenvalue weighted by Gasteiger charge is -2.19. The second kappa shape index (κ2) is 5.59. The van der Waals surface area contributed by atoms with E-state index in [4.69, 9.17) is 0 Å². The molecule has 1 N–H and O–H groups in total. The fraction of sp³-hybridized carbons (Fsp3) is 0.429. The summed E-state index contributed by atoms with van der Waals surface area (Å²) in [4.78, 5) is 1.34. The van der Waals surface area contributed by atoms with Crippen molar-refractivity contribution < 1.29 is 0 Å². The smallest absolute Gasteiger partial charge is 0.0651 e. The van der Waals surface area contributed by atoms with Gasteiger partial charge in [0.2, 0.25) is 0 Å². The zero-order chi connectivity index (χ0) is 13.1. The number of nitrogens with zero attached hydrogens (tertiary/aromatic N) is 2. The first-order valence-corrected chi connectivity index (χ1v) is 7.09. The van der Waals surface area contributed by atoms with Gasteiger partial charge < -0.3 is 5.32 Å². The summed E-state index contributed by atoms with van der Waals surface area (Å²) in [5, 5.41) is 14.1. The summed E-state index contributed by atoms with van der Waals surface area (Å²) in [6.07, 6.45) is 0. The highest BCUT2D eigenvalue weighted by Gasteiger charge is 2.17. The number of rotatable bonds is 4. The Morgan fingerprint density at radius 3 is 2.61 bits per heavy atom. The molecule has 0 saturated carbocycles. The quantitative estimate of drug-likeness (QED) is 0.918. The van der Waals surface area contributed by atoms with E-state index in [1.807, 2.05) is 13.8 Å². The van der Waals surface area contributed by atoms with Gasteiger partial charge in [0.15, 0.2) is 0 Å². The first kappa shape index (κ1) is 13.2. The molecule has 0 fully saturated rings. The summed E-state index contributed by atoms with van der Waals surface area (Å²) in [5.41, 5.74) is 4.50. The molecule has 2 rings (SSSR count). The number of thiophene rings is 1. The highest BCUT2D eigenvalue weighted by molar-refractivity contribution is 7.10. The Bertz CT molecular complexity index is 534. The zero-order valence-electron chi connectivity index (χ0n) is 11.3. The molecule has 0 spiro atoms. The van der Waals surface area contributed by atoms with Crippen LogP contribution in [0.25, 0.3) is 0 Å². The molecule has 18 heavy (non-hydrogen) atoms. The average molecular weight is 261 g/mol. The summed E-state index contributed by atoms with van der Waals surface area (Å²) >= 11 is 1.79. The van der Waals surface area contributed by atoms with Crippen LogP contribution in [0.15, 0.2) is 17.5 Å². The van der Waals surface area contributed by atoms with Crippen molar-refractivity contribution >= 4 is 11.3 Å². The molecule has 1 unspecified atom stereocenters. The van der Waals surface area contributed by atoms with Crippen molar-refractivity contribution in [2.45, 2.75) is 33.7 Å². The van der Waals surface area contributed by atoms with Gasteiger partial charge in [0, 0.05) is 4.88 Å². The Hall–Kier alpha value is -1.26. The van der Waals surface area contributed by atoms with Crippen molar-refractivity contribution in [2.75, 3.05) is 6.54 Å². The maximum absolute atomic E-state index is 4.23. The van der Waals surface area contributed by atoms with Gasteiger partial charge in [-0.2, -0.15) is 10.2 Å². The Balaban J connectivity index is 2.44. The number of hydrogen-bond donors (Lipinski definition) is 1. The average Bonchev–Trinajstić information content (AvgIpc) is 2.76. The number of hydrogen-bond acceptors (Lipinski definition) is 4. The Morgan fingerprint density at radius 1 is 1.22 bits per heavy atom. The maximum atomic E-state index is 4.23. The van der Waals surface area contributed by atoms with Gasteiger partial charge in [-0.3, -0.25) is 0 Å². The molecule has 1 atom stereocenters. The van der Waals surface area contributed by atoms with Crippen LogP contribution in [0.2, 0.25) is 0 Å². The van der Waals surface area contributed by atoms with Crippen LogP contribution >= 0.6 is 11.3 Å². The predicted molar refractivity (Wildman–Crippen MR) is 76.1 cm³/mol. The van der Waals surface area contributed by atoms with Crippen LogP contribution in [0.3, 0.4) is 0 Å². The minimum Gasteiger partial charge on any atom is -0.306 e. The fourth-order valence-electron chi connectivity index (χ4n) is 2.09. The Labute approximate surface area is 112 Å². The van der Waals surface area contributed by atoms with Gasteiger partial charge in [-0.25, -0.2) is 0 Å². The van der Waals surface area contributed by atoms with Crippen LogP contribution < -0.4 is 5.32 Å². The molecule has 0 aliphatic rings. The highest BCUT2D eigenvalue weighted by atomic mass is 32.1. The molecule has 0 saturated heterocycles. The third kappa shape index (κ3) is 2.76. The van der Waals surface area contributed by atoms with Crippen molar-refractivity contribution in [2.24, 2.45) is 0 Å². The summed E-state index contributed by atoms with van der Waals surface area (Å²) < 4.78 is 0. The molecular weight excluding hydrogens is 242 g/mol. The van der Waals surface area contributed by atoms with E-state index in [0.717, 1.165) is 17.9 Å². The van der Waals surface area contributed by atoms with Gasteiger partial charge >= 0.3 is 0 Å². The summed E-state index contributed by atoms with van der Waals surface area (Å²) in [7, 11) is 0. The molecule has 0 aliphatic heterocycles. The molecule has 3 nitrogen and oxygen atoms in total. The lowest BCUT2D eigenvalue weighted by Crippen LogP contribution is -2.23. The van der Waals surface area contributed by atoms with Crippen molar-refractivity contribution in [3.63, 3.8) is 0 Å². The second-order valence-electron chi connectivity index (χ2n) is 4.51. The van der Waals surface area contributed by atoms with Crippen LogP contribution in [-0.2, 0) is 0 Å². The van der Waals surface area contributed by atoms with E-state index in [2.05, 4.69) is 46.9 Å². The van der Waals surface area contributed by atoms with E-state index in [0.29, 0.717) is 0 Å². The van der Waals surface area contributed by atoms with Crippen molar-refractivity contribution in [3.05, 3.63) is 44.9 Å². The van der Waals surface area contributed by atoms with Gasteiger partial charge in [0.25, 0.3) is 0 Å². The van der Waals surface area contributed by atoms with E-state index >= 15 is 0 Å². The Kier molecular flexibility index (Phi) is 4.09. The molecule has 0 aliphatic carbocycles. The highest BCUT2D eigenvalue weighted by Crippen LogP contribution is 2.27. The van der Waals surface area contributed by atoms with Crippen LogP contribution in [0, 0.1) is 20.8 Å². The molecule has 2 aromatic rings. The van der Waals surface area contributed by atoms with E-state index < -0.39 is 0 Å². The molecule has 0 aromatic carbocycles. The fourth-order valence-corrected chi connectivity index (χ4v) is 2.82. The van der Waals surface area contributed by atoms with Crippen molar-refractivity contribution in [1.29, 1.82) is 0 Å². The van der Waals surface area contributed by atoms with Crippen LogP contribution in [-0.4, -0.2) is 16.7 Å². The molecule has 2 aromatic heterocycles. The molecule has 2 heterocycles. The van der Waals surface area contributed by atoms with E-state index in [-0.39, 0.29) is 6.04 Å². The van der Waals surface area contributed by atoms with Crippen LogP contribution in [0.4, 0.5) is 0 Å². The number of nitrogens with one attached hydrogen (secondary N) is 1. The van der Waals surface area contributed by atoms with Gasteiger partial charge in [-0.05, 0) is 56.0 Å². The monoisotopic (exact) mass is 261 g/mol. The summed E-state index contributed by atoms with van der Waals surface area (Å²) in [6, 6.07) is 4.59. The lowest BCUT2D eigenvalue weighted by atomic mass is 9.99. The van der Waals surface area contributed by atoms with Gasteiger partial charge in [0.1, 0.15) is 0 Å². The van der Waals surface area contributed by atoms with E-state index in [9.17, 15) is 0 Å². The minimum atomic E-state index is 0.217. The summed E-state index contributed by atoms with van der Waals surface area (Å²) in [5.74, 6) is 0. The normalized spacial score (nSPS) is 12.7. The standard InChI is InChI=1S/C14H19N3S/c1-5-15-14(12-7-10(3)18-8-12)13-6-9(2)16-17-11(13)4/h6-8,14-15H,5H2,1-4H3. The minimum absolute atomic E-state index is 0.217. The summed E-state index contributed by atoms with van der Waals surface area (Å²) in [6.45, 7) is 9.20.